The van der Waals surface area contributed by atoms with E-state index in [0.29, 0.717) is 38.0 Å². The number of ketones is 1. The Bertz CT molecular complexity index is 1130. The fourth-order valence-corrected chi connectivity index (χ4v) is 5.05. The molecule has 2 unspecified atom stereocenters. The summed E-state index contributed by atoms with van der Waals surface area (Å²) < 4.78 is 5.14. The van der Waals surface area contributed by atoms with Crippen LogP contribution in [0.25, 0.3) is 0 Å². The number of likely N-dealkylation sites (tertiary alicyclic amines) is 1. The van der Waals surface area contributed by atoms with Crippen molar-refractivity contribution < 1.29 is 34.1 Å². The number of carbonyl (C=O) groups excluding carboxylic acids is 3. The van der Waals surface area contributed by atoms with Gasteiger partial charge in [-0.05, 0) is 75.6 Å². The van der Waals surface area contributed by atoms with E-state index in [2.05, 4.69) is 10.3 Å². The van der Waals surface area contributed by atoms with Crippen molar-refractivity contribution in [1.29, 1.82) is 0 Å². The number of nitrogens with zero attached hydrogens (tertiary/aromatic N) is 2. The number of hydrogen-bond acceptors (Lipinski definition) is 10. The summed E-state index contributed by atoms with van der Waals surface area (Å²) >= 11 is 0. The van der Waals surface area contributed by atoms with Crippen molar-refractivity contribution in [2.75, 3.05) is 26.7 Å². The zero-order valence-electron chi connectivity index (χ0n) is 24.6. The van der Waals surface area contributed by atoms with Gasteiger partial charge in [0.1, 0.15) is 23.9 Å². The van der Waals surface area contributed by atoms with Crippen LogP contribution >= 0.6 is 0 Å². The number of rotatable bonds is 18. The molecule has 0 aromatic heterocycles. The maximum Gasteiger partial charge on any atom is 0.326 e. The Balaban J connectivity index is 2.21. The number of carboxylic acids is 1. The van der Waals surface area contributed by atoms with Crippen LogP contribution in [0, 0.1) is 0 Å². The Kier molecular flexibility index (Phi) is 13.8. The van der Waals surface area contributed by atoms with Crippen LogP contribution in [0.15, 0.2) is 29.3 Å². The van der Waals surface area contributed by atoms with Gasteiger partial charge in [0.2, 0.25) is 5.91 Å². The molecule has 13 N–H and O–H groups in total. The number of Topliss-reactive ketones (excluding diaryl/α,β-unsaturated/α-hetero) is 1. The molecular weight excluding hydrogens is 560 g/mol. The quantitative estimate of drug-likeness (QED) is 0.0387. The Hall–Kier alpha value is -3.79. The predicted molar refractivity (Wildman–Crippen MR) is 160 cm³/mol. The number of aliphatic hydroxyl groups is 1. The number of nitrogens with two attached hydrogens (primary N) is 5. The molecule has 2 rings (SSSR count). The lowest BCUT2D eigenvalue weighted by atomic mass is 9.82. The van der Waals surface area contributed by atoms with Gasteiger partial charge in [0.05, 0.1) is 7.11 Å². The van der Waals surface area contributed by atoms with E-state index in [1.165, 1.54) is 12.0 Å². The number of carboxylic acid groups (broad SMARTS) is 1. The first-order chi connectivity index (χ1) is 20.3. The summed E-state index contributed by atoms with van der Waals surface area (Å²) in [7, 11) is 1.53. The highest BCUT2D eigenvalue weighted by atomic mass is 16.5. The second-order valence-electron chi connectivity index (χ2n) is 10.7. The van der Waals surface area contributed by atoms with Gasteiger partial charge in [0.15, 0.2) is 17.3 Å². The van der Waals surface area contributed by atoms with Crippen molar-refractivity contribution in [1.82, 2.24) is 10.2 Å². The van der Waals surface area contributed by atoms with E-state index in [-0.39, 0.29) is 44.7 Å². The summed E-state index contributed by atoms with van der Waals surface area (Å²) in [5, 5.41) is 23.1. The number of nitrogens with one attached hydrogen (secondary N) is 1. The number of aliphatic carboxylic acids is 1. The molecule has 0 aliphatic carbocycles. The van der Waals surface area contributed by atoms with Crippen LogP contribution in [0.2, 0.25) is 0 Å². The minimum absolute atomic E-state index is 0.0508. The third kappa shape index (κ3) is 9.88. The number of guanidine groups is 1. The number of unbranched alkanes of at least 4 members (excludes halogenated alkanes) is 1. The van der Waals surface area contributed by atoms with Gasteiger partial charge < -0.3 is 53.8 Å². The molecule has 5 atom stereocenters. The lowest BCUT2D eigenvalue weighted by molar-refractivity contribution is -0.151. The molecule has 2 amide bonds. The first-order valence-electron chi connectivity index (χ1n) is 14.3. The van der Waals surface area contributed by atoms with Crippen molar-refractivity contribution in [3.05, 3.63) is 29.8 Å². The average Bonchev–Trinajstić information content (AvgIpc) is 3.47. The number of amides is 2. The third-order valence-corrected chi connectivity index (χ3v) is 7.53. The number of hydrogen-bond donors (Lipinski definition) is 8. The fraction of sp³-hybridized carbons (Fsp3) is 0.607. The Labute approximate surface area is 251 Å². The average molecular weight is 607 g/mol. The highest BCUT2D eigenvalue weighted by molar-refractivity contribution is 6.13. The molecule has 1 fully saturated rings. The van der Waals surface area contributed by atoms with Gasteiger partial charge in [-0.2, -0.15) is 0 Å². The number of methoxy groups -OCH3 is 1. The first kappa shape index (κ1) is 35.4. The van der Waals surface area contributed by atoms with Crippen LogP contribution in [0.4, 0.5) is 0 Å². The number of ether oxygens (including phenoxy) is 1. The van der Waals surface area contributed by atoms with E-state index in [4.69, 9.17) is 33.4 Å². The third-order valence-electron chi connectivity index (χ3n) is 7.53. The maximum atomic E-state index is 13.9. The van der Waals surface area contributed by atoms with E-state index in [0.717, 1.165) is 5.56 Å². The minimum Gasteiger partial charge on any atom is -0.497 e. The summed E-state index contributed by atoms with van der Waals surface area (Å²) in [5.74, 6) is -3.23. The molecule has 1 aromatic rings. The molecule has 240 valence electrons. The Morgan fingerprint density at radius 1 is 1.16 bits per heavy atom. The number of benzene rings is 1. The first-order valence-corrected chi connectivity index (χ1v) is 14.3. The SMILES string of the molecule is COc1ccc(CC(N)[C@H](O)C(=O)[C@@](N)(CCCCN)C(=O)N2CCC[C@H]2C(=O)NC(CCCN=C(N)N)C(=O)O)cc1. The zero-order chi connectivity index (χ0) is 32.2. The maximum absolute atomic E-state index is 13.9. The normalized spacial score (nSPS) is 18.2. The molecule has 43 heavy (non-hydrogen) atoms. The molecule has 0 saturated carbocycles. The highest BCUT2D eigenvalue weighted by Gasteiger charge is 2.50. The van der Waals surface area contributed by atoms with Crippen molar-refractivity contribution in [2.24, 2.45) is 33.7 Å². The second kappa shape index (κ2) is 16.7. The molecule has 0 bridgehead atoms. The molecular formula is C28H46N8O7. The number of aliphatic hydroxyl groups excluding tert-OH is 1. The van der Waals surface area contributed by atoms with Crippen LogP contribution in [-0.4, -0.2) is 101 Å². The van der Waals surface area contributed by atoms with E-state index >= 15 is 0 Å². The van der Waals surface area contributed by atoms with Gasteiger partial charge in [-0.3, -0.25) is 19.4 Å². The summed E-state index contributed by atoms with van der Waals surface area (Å²) in [6.45, 7) is 0.600. The molecule has 15 nitrogen and oxygen atoms in total. The van der Waals surface area contributed by atoms with E-state index in [1.54, 1.807) is 24.3 Å². The monoisotopic (exact) mass is 606 g/mol. The van der Waals surface area contributed by atoms with Crippen molar-refractivity contribution in [3.8, 4) is 5.75 Å². The van der Waals surface area contributed by atoms with Crippen molar-refractivity contribution in [3.63, 3.8) is 0 Å². The zero-order valence-corrected chi connectivity index (χ0v) is 24.6. The van der Waals surface area contributed by atoms with Crippen molar-refractivity contribution in [2.45, 2.75) is 81.1 Å². The number of carbonyl (C=O) groups is 4. The van der Waals surface area contributed by atoms with Crippen LogP contribution in [-0.2, 0) is 25.6 Å². The molecule has 1 aromatic carbocycles. The van der Waals surface area contributed by atoms with Gasteiger partial charge in [-0.25, -0.2) is 4.79 Å². The smallest absolute Gasteiger partial charge is 0.326 e. The van der Waals surface area contributed by atoms with Gasteiger partial charge >= 0.3 is 5.97 Å². The van der Waals surface area contributed by atoms with E-state index < -0.39 is 53.3 Å². The summed E-state index contributed by atoms with van der Waals surface area (Å²) in [5.41, 5.74) is 27.5. The Morgan fingerprint density at radius 2 is 1.84 bits per heavy atom. The fourth-order valence-electron chi connectivity index (χ4n) is 5.05. The summed E-state index contributed by atoms with van der Waals surface area (Å²) in [6.07, 6.45) is 0.0201. The van der Waals surface area contributed by atoms with Gasteiger partial charge in [0, 0.05) is 19.1 Å². The minimum atomic E-state index is -2.18. The summed E-state index contributed by atoms with van der Waals surface area (Å²) in [6, 6.07) is 3.56. The number of aliphatic imine (C=N–C) groups is 1. The van der Waals surface area contributed by atoms with Crippen LogP contribution < -0.4 is 38.7 Å². The van der Waals surface area contributed by atoms with Crippen molar-refractivity contribution >= 4 is 29.5 Å². The largest absolute Gasteiger partial charge is 0.497 e. The molecule has 1 aliphatic heterocycles. The molecule has 1 heterocycles. The predicted octanol–water partition coefficient (Wildman–Crippen LogP) is -2.06. The van der Waals surface area contributed by atoms with Crippen LogP contribution in [0.5, 0.6) is 5.75 Å². The lowest BCUT2D eigenvalue weighted by Crippen LogP contribution is -2.66. The standard InChI is InChI=1S/C28H46N8O7/c1-43-18-10-8-17(9-11-18)16-19(30)22(37)23(38)28(33,12-2-3-13-29)26(42)36-15-5-7-21(36)24(39)35-20(25(40)41)6-4-14-34-27(31)32/h8-11,19-22,37H,2-7,12-16,29-30,33H2,1H3,(H,35,39)(H,40,41)(H4,31,32,34)/t19?,20?,21-,22-,28-/m0/s1. The second-order valence-corrected chi connectivity index (χ2v) is 10.7. The summed E-state index contributed by atoms with van der Waals surface area (Å²) in [4.78, 5) is 57.6. The van der Waals surface area contributed by atoms with Gasteiger partial charge in [-0.1, -0.05) is 12.1 Å². The Morgan fingerprint density at radius 3 is 2.42 bits per heavy atom. The highest BCUT2D eigenvalue weighted by Crippen LogP contribution is 2.26. The van der Waals surface area contributed by atoms with E-state index in [9.17, 15) is 29.4 Å². The lowest BCUT2D eigenvalue weighted by Gasteiger charge is -2.36. The molecule has 15 heteroatoms. The molecule has 1 aliphatic rings. The van der Waals surface area contributed by atoms with Crippen LogP contribution in [0.1, 0.15) is 50.5 Å². The topological polar surface area (TPSA) is 276 Å². The molecule has 0 spiro atoms. The molecule has 1 saturated heterocycles. The van der Waals surface area contributed by atoms with Gasteiger partial charge in [-0.15, -0.1) is 0 Å². The molecule has 0 radical (unpaired) electrons. The van der Waals surface area contributed by atoms with Gasteiger partial charge in [0.25, 0.3) is 5.91 Å². The van der Waals surface area contributed by atoms with E-state index in [1.807, 2.05) is 0 Å². The van der Waals surface area contributed by atoms with Crippen LogP contribution in [0.3, 0.4) is 0 Å².